The first-order valence-corrected chi connectivity index (χ1v) is 7.64. The zero-order valence-corrected chi connectivity index (χ0v) is 12.5. The average molecular weight is 342 g/mol. The van der Waals surface area contributed by atoms with Crippen molar-refractivity contribution in [3.05, 3.63) is 39.6 Å². The van der Waals surface area contributed by atoms with Crippen LogP contribution in [0.4, 0.5) is 15.2 Å². The predicted octanol–water partition coefficient (Wildman–Crippen LogP) is 4.12. The SMILES string of the molecule is Nc1nsc(NCc2cc(Br)ccc2F)c1C1CC1. The van der Waals surface area contributed by atoms with Gasteiger partial charge in [-0.2, -0.15) is 4.37 Å². The Kier molecular flexibility index (Phi) is 3.45. The summed E-state index contributed by atoms with van der Waals surface area (Å²) < 4.78 is 18.7. The Hall–Kier alpha value is -1.14. The first-order valence-electron chi connectivity index (χ1n) is 6.08. The second-order valence-electron chi connectivity index (χ2n) is 4.67. The van der Waals surface area contributed by atoms with Gasteiger partial charge in [-0.3, -0.25) is 0 Å². The highest BCUT2D eigenvalue weighted by Gasteiger charge is 2.30. The van der Waals surface area contributed by atoms with E-state index in [1.807, 2.05) is 0 Å². The highest BCUT2D eigenvalue weighted by molar-refractivity contribution is 9.10. The van der Waals surface area contributed by atoms with Gasteiger partial charge in [-0.15, -0.1) is 0 Å². The molecule has 0 bridgehead atoms. The number of hydrogen-bond acceptors (Lipinski definition) is 4. The average Bonchev–Trinajstić information content (AvgIpc) is 3.15. The van der Waals surface area contributed by atoms with Gasteiger partial charge in [0.25, 0.3) is 0 Å². The van der Waals surface area contributed by atoms with Crippen molar-refractivity contribution in [2.45, 2.75) is 25.3 Å². The molecule has 1 fully saturated rings. The van der Waals surface area contributed by atoms with Gasteiger partial charge in [-0.05, 0) is 48.5 Å². The fraction of sp³-hybridized carbons (Fsp3) is 0.308. The van der Waals surface area contributed by atoms with Crippen LogP contribution in [0.15, 0.2) is 22.7 Å². The van der Waals surface area contributed by atoms with Gasteiger partial charge in [0.15, 0.2) is 0 Å². The smallest absolute Gasteiger partial charge is 0.142 e. The Balaban J connectivity index is 1.77. The molecule has 1 saturated carbocycles. The molecule has 0 saturated heterocycles. The van der Waals surface area contributed by atoms with Crippen LogP contribution in [-0.4, -0.2) is 4.37 Å². The topological polar surface area (TPSA) is 50.9 Å². The molecule has 19 heavy (non-hydrogen) atoms. The van der Waals surface area contributed by atoms with E-state index in [9.17, 15) is 4.39 Å². The van der Waals surface area contributed by atoms with Crippen molar-refractivity contribution in [2.24, 2.45) is 0 Å². The number of aromatic nitrogens is 1. The Bertz CT molecular complexity index is 610. The Morgan fingerprint density at radius 3 is 3.00 bits per heavy atom. The fourth-order valence-electron chi connectivity index (χ4n) is 2.06. The van der Waals surface area contributed by atoms with E-state index >= 15 is 0 Å². The van der Waals surface area contributed by atoms with E-state index in [2.05, 4.69) is 25.6 Å². The maximum absolute atomic E-state index is 13.7. The maximum Gasteiger partial charge on any atom is 0.142 e. The normalized spacial score (nSPS) is 14.6. The van der Waals surface area contributed by atoms with Gasteiger partial charge >= 0.3 is 0 Å². The summed E-state index contributed by atoms with van der Waals surface area (Å²) in [7, 11) is 0. The van der Waals surface area contributed by atoms with Crippen molar-refractivity contribution in [1.29, 1.82) is 0 Å². The summed E-state index contributed by atoms with van der Waals surface area (Å²) in [4.78, 5) is 0. The molecule has 0 radical (unpaired) electrons. The molecule has 1 aromatic heterocycles. The monoisotopic (exact) mass is 341 g/mol. The minimum atomic E-state index is -0.207. The Morgan fingerprint density at radius 1 is 1.47 bits per heavy atom. The van der Waals surface area contributed by atoms with Gasteiger partial charge in [-0.1, -0.05) is 15.9 Å². The first kappa shape index (κ1) is 12.9. The van der Waals surface area contributed by atoms with Crippen molar-refractivity contribution in [3.8, 4) is 0 Å². The van der Waals surface area contributed by atoms with Crippen LogP contribution in [0.2, 0.25) is 0 Å². The third-order valence-corrected chi connectivity index (χ3v) is 4.52. The van der Waals surface area contributed by atoms with E-state index in [-0.39, 0.29) is 5.82 Å². The van der Waals surface area contributed by atoms with Crippen LogP contribution in [0.25, 0.3) is 0 Å². The molecule has 0 aliphatic heterocycles. The fourth-order valence-corrected chi connectivity index (χ4v) is 3.26. The van der Waals surface area contributed by atoms with E-state index < -0.39 is 0 Å². The number of nitrogens with two attached hydrogens (primary N) is 1. The van der Waals surface area contributed by atoms with E-state index in [4.69, 9.17) is 5.73 Å². The molecule has 3 rings (SSSR count). The number of anilines is 2. The lowest BCUT2D eigenvalue weighted by Gasteiger charge is -2.08. The summed E-state index contributed by atoms with van der Waals surface area (Å²) in [5.41, 5.74) is 7.62. The van der Waals surface area contributed by atoms with Crippen LogP contribution in [0.3, 0.4) is 0 Å². The van der Waals surface area contributed by atoms with E-state index in [1.54, 1.807) is 12.1 Å². The zero-order valence-electron chi connectivity index (χ0n) is 10.1. The minimum absolute atomic E-state index is 0.207. The first-order chi connectivity index (χ1) is 9.15. The molecule has 3 N–H and O–H groups in total. The Morgan fingerprint density at radius 2 is 2.26 bits per heavy atom. The molecule has 3 nitrogen and oxygen atoms in total. The third kappa shape index (κ3) is 2.74. The number of halogens is 2. The number of rotatable bonds is 4. The van der Waals surface area contributed by atoms with Gasteiger partial charge in [-0.25, -0.2) is 4.39 Å². The quantitative estimate of drug-likeness (QED) is 0.879. The summed E-state index contributed by atoms with van der Waals surface area (Å²) in [6, 6.07) is 4.94. The second kappa shape index (κ2) is 5.09. The largest absolute Gasteiger partial charge is 0.383 e. The van der Waals surface area contributed by atoms with Crippen molar-refractivity contribution >= 4 is 38.3 Å². The molecule has 1 aliphatic rings. The number of nitrogens with one attached hydrogen (secondary N) is 1. The molecule has 6 heteroatoms. The molecule has 0 amide bonds. The van der Waals surface area contributed by atoms with Crippen molar-refractivity contribution < 1.29 is 4.39 Å². The van der Waals surface area contributed by atoms with Crippen molar-refractivity contribution in [2.75, 3.05) is 11.1 Å². The lowest BCUT2D eigenvalue weighted by atomic mass is 10.2. The Labute approximate surface area is 123 Å². The van der Waals surface area contributed by atoms with Gasteiger partial charge in [0.05, 0.1) is 0 Å². The summed E-state index contributed by atoms with van der Waals surface area (Å²) in [6.07, 6.45) is 2.34. The molecule has 1 heterocycles. The number of hydrogen-bond donors (Lipinski definition) is 2. The van der Waals surface area contributed by atoms with Crippen LogP contribution in [0, 0.1) is 5.82 Å². The lowest BCUT2D eigenvalue weighted by molar-refractivity contribution is 0.612. The number of nitrogen functional groups attached to an aromatic ring is 1. The summed E-state index contributed by atoms with van der Waals surface area (Å²) in [6.45, 7) is 0.437. The lowest BCUT2D eigenvalue weighted by Crippen LogP contribution is -2.02. The molecule has 0 spiro atoms. The summed E-state index contributed by atoms with van der Waals surface area (Å²) in [5.74, 6) is 0.944. The van der Waals surface area contributed by atoms with E-state index in [0.29, 0.717) is 23.8 Å². The number of benzene rings is 1. The van der Waals surface area contributed by atoms with Gasteiger partial charge < -0.3 is 11.1 Å². The number of nitrogens with zero attached hydrogens (tertiary/aromatic N) is 1. The third-order valence-electron chi connectivity index (χ3n) is 3.19. The van der Waals surface area contributed by atoms with E-state index in [0.717, 1.165) is 15.0 Å². The predicted molar refractivity (Wildman–Crippen MR) is 79.9 cm³/mol. The molecule has 2 aromatic rings. The molecule has 1 aliphatic carbocycles. The van der Waals surface area contributed by atoms with Gasteiger partial charge in [0.2, 0.25) is 0 Å². The molecule has 0 unspecified atom stereocenters. The van der Waals surface area contributed by atoms with Crippen LogP contribution in [0.5, 0.6) is 0 Å². The second-order valence-corrected chi connectivity index (χ2v) is 6.36. The van der Waals surface area contributed by atoms with Crippen LogP contribution in [0.1, 0.15) is 29.9 Å². The van der Waals surface area contributed by atoms with Gasteiger partial charge in [0.1, 0.15) is 16.6 Å². The minimum Gasteiger partial charge on any atom is -0.383 e. The van der Waals surface area contributed by atoms with Crippen LogP contribution < -0.4 is 11.1 Å². The standard InChI is InChI=1S/C13H13BrFN3S/c14-9-3-4-10(15)8(5-9)6-17-13-11(7-1-2-7)12(16)18-19-13/h3-5,7,17H,1-2,6H2,(H2,16,18). The zero-order chi connectivity index (χ0) is 13.4. The highest BCUT2D eigenvalue weighted by Crippen LogP contribution is 2.47. The maximum atomic E-state index is 13.7. The molecular weight excluding hydrogens is 329 g/mol. The van der Waals surface area contributed by atoms with Crippen LogP contribution >= 0.6 is 27.5 Å². The van der Waals surface area contributed by atoms with Crippen LogP contribution in [-0.2, 0) is 6.54 Å². The van der Waals surface area contributed by atoms with Crippen molar-refractivity contribution in [3.63, 3.8) is 0 Å². The summed E-state index contributed by atoms with van der Waals surface area (Å²) in [5, 5.41) is 4.23. The molecule has 100 valence electrons. The molecule has 1 aromatic carbocycles. The molecular formula is C13H13BrFN3S. The van der Waals surface area contributed by atoms with Crippen molar-refractivity contribution in [1.82, 2.24) is 4.37 Å². The molecule has 0 atom stereocenters. The summed E-state index contributed by atoms with van der Waals surface area (Å²) >= 11 is 4.70. The highest BCUT2D eigenvalue weighted by atomic mass is 79.9. The van der Waals surface area contributed by atoms with Gasteiger partial charge in [0, 0.05) is 22.1 Å². The van der Waals surface area contributed by atoms with E-state index in [1.165, 1.54) is 30.4 Å².